The van der Waals surface area contributed by atoms with Crippen LogP contribution in [0.15, 0.2) is 24.3 Å². The number of halogens is 1. The molecule has 76 valence electrons. The maximum absolute atomic E-state index is 13.3. The predicted octanol–water partition coefficient (Wildman–Crippen LogP) is 2.76. The minimum atomic E-state index is -0.147. The van der Waals surface area contributed by atoms with Crippen molar-refractivity contribution in [2.45, 2.75) is 13.3 Å². The Kier molecular flexibility index (Phi) is 4.33. The molecule has 0 atom stereocenters. The molecule has 0 aliphatic heterocycles. The lowest BCUT2D eigenvalue weighted by Gasteiger charge is -2.01. The first-order chi connectivity index (χ1) is 6.75. The number of hydrogen-bond acceptors (Lipinski definition) is 1. The van der Waals surface area contributed by atoms with Crippen molar-refractivity contribution in [3.05, 3.63) is 41.2 Å². The molecule has 1 nitrogen and oxygen atoms in total. The van der Waals surface area contributed by atoms with Gasteiger partial charge in [0.25, 0.3) is 0 Å². The van der Waals surface area contributed by atoms with E-state index in [1.807, 2.05) is 32.2 Å². The molecular formula is C12H16FN. The Morgan fingerprint density at radius 2 is 2.21 bits per heavy atom. The van der Waals surface area contributed by atoms with Gasteiger partial charge < -0.3 is 5.32 Å². The zero-order valence-corrected chi connectivity index (χ0v) is 8.68. The number of nitrogens with one attached hydrogen (secondary N) is 1. The summed E-state index contributed by atoms with van der Waals surface area (Å²) in [5, 5.41) is 3.04. The molecule has 1 rings (SSSR count). The first-order valence-electron chi connectivity index (χ1n) is 4.82. The molecule has 0 spiro atoms. The van der Waals surface area contributed by atoms with Crippen molar-refractivity contribution < 1.29 is 4.39 Å². The smallest absolute Gasteiger partial charge is 0.130 e. The van der Waals surface area contributed by atoms with Crippen molar-refractivity contribution in [1.29, 1.82) is 0 Å². The molecule has 0 bridgehead atoms. The molecule has 0 heterocycles. The molecule has 1 aromatic carbocycles. The fourth-order valence-corrected chi connectivity index (χ4v) is 1.28. The fraction of sp³-hybridized carbons (Fsp3) is 0.333. The van der Waals surface area contributed by atoms with E-state index in [0.717, 1.165) is 18.5 Å². The van der Waals surface area contributed by atoms with Gasteiger partial charge in [-0.05, 0) is 38.6 Å². The van der Waals surface area contributed by atoms with Crippen LogP contribution < -0.4 is 5.32 Å². The van der Waals surface area contributed by atoms with Gasteiger partial charge >= 0.3 is 0 Å². The highest BCUT2D eigenvalue weighted by atomic mass is 19.1. The third kappa shape index (κ3) is 2.96. The van der Waals surface area contributed by atoms with Crippen LogP contribution in [-0.4, -0.2) is 13.6 Å². The lowest BCUT2D eigenvalue weighted by molar-refractivity contribution is 0.623. The standard InChI is InChI=1S/C12H16FN/c1-10-6-5-8-12(13)11(10)7-3-4-9-14-2/h3,5-8,14H,4,9H2,1-2H3. The topological polar surface area (TPSA) is 12.0 Å². The average molecular weight is 193 g/mol. The summed E-state index contributed by atoms with van der Waals surface area (Å²) in [5.41, 5.74) is 1.68. The SMILES string of the molecule is CNCCC=Cc1c(C)cccc1F. The van der Waals surface area contributed by atoms with E-state index in [-0.39, 0.29) is 5.82 Å². The summed E-state index contributed by atoms with van der Waals surface area (Å²) >= 11 is 0. The molecule has 1 aromatic rings. The molecule has 0 saturated heterocycles. The molecule has 0 fully saturated rings. The van der Waals surface area contributed by atoms with Gasteiger partial charge in [-0.2, -0.15) is 0 Å². The highest BCUT2D eigenvalue weighted by molar-refractivity contribution is 5.54. The Morgan fingerprint density at radius 3 is 2.86 bits per heavy atom. The van der Waals surface area contributed by atoms with E-state index in [1.54, 1.807) is 6.07 Å². The summed E-state index contributed by atoms with van der Waals surface area (Å²) in [6.45, 7) is 2.84. The van der Waals surface area contributed by atoms with Crippen molar-refractivity contribution in [2.75, 3.05) is 13.6 Å². The van der Waals surface area contributed by atoms with Crippen molar-refractivity contribution in [2.24, 2.45) is 0 Å². The van der Waals surface area contributed by atoms with Gasteiger partial charge in [-0.25, -0.2) is 4.39 Å². The third-order valence-electron chi connectivity index (χ3n) is 2.12. The Labute approximate surface area is 84.6 Å². The lowest BCUT2D eigenvalue weighted by atomic mass is 10.1. The van der Waals surface area contributed by atoms with Crippen LogP contribution >= 0.6 is 0 Å². The van der Waals surface area contributed by atoms with Gasteiger partial charge in [-0.1, -0.05) is 24.3 Å². The van der Waals surface area contributed by atoms with Crippen molar-refractivity contribution in [3.8, 4) is 0 Å². The molecule has 14 heavy (non-hydrogen) atoms. The zero-order valence-electron chi connectivity index (χ0n) is 8.68. The van der Waals surface area contributed by atoms with Gasteiger partial charge in [0.05, 0.1) is 0 Å². The first-order valence-corrected chi connectivity index (χ1v) is 4.82. The van der Waals surface area contributed by atoms with Crippen LogP contribution in [0.3, 0.4) is 0 Å². The van der Waals surface area contributed by atoms with E-state index in [1.165, 1.54) is 6.07 Å². The predicted molar refractivity (Wildman–Crippen MR) is 58.7 cm³/mol. The van der Waals surface area contributed by atoms with Crippen LogP contribution in [-0.2, 0) is 0 Å². The molecule has 1 N–H and O–H groups in total. The molecule has 0 aromatic heterocycles. The van der Waals surface area contributed by atoms with Gasteiger partial charge in [-0.3, -0.25) is 0 Å². The molecule has 0 unspecified atom stereocenters. The van der Waals surface area contributed by atoms with Crippen LogP contribution in [0.5, 0.6) is 0 Å². The second-order valence-electron chi connectivity index (χ2n) is 3.27. The second-order valence-corrected chi connectivity index (χ2v) is 3.27. The molecule has 0 aliphatic rings. The van der Waals surface area contributed by atoms with Gasteiger partial charge in [0.2, 0.25) is 0 Å². The van der Waals surface area contributed by atoms with Crippen LogP contribution in [0, 0.1) is 12.7 Å². The highest BCUT2D eigenvalue weighted by Gasteiger charge is 1.99. The fourth-order valence-electron chi connectivity index (χ4n) is 1.28. The molecule has 2 heteroatoms. The van der Waals surface area contributed by atoms with Crippen LogP contribution in [0.25, 0.3) is 6.08 Å². The minimum Gasteiger partial charge on any atom is -0.319 e. The second kappa shape index (κ2) is 5.55. The molecule has 0 amide bonds. The Hall–Kier alpha value is -1.15. The maximum Gasteiger partial charge on any atom is 0.130 e. The van der Waals surface area contributed by atoms with Gasteiger partial charge in [0.1, 0.15) is 5.82 Å². The third-order valence-corrected chi connectivity index (χ3v) is 2.12. The van der Waals surface area contributed by atoms with Crippen LogP contribution in [0.4, 0.5) is 4.39 Å². The molecule has 0 aliphatic carbocycles. The normalized spacial score (nSPS) is 11.1. The summed E-state index contributed by atoms with van der Waals surface area (Å²) in [4.78, 5) is 0. The molecule has 0 saturated carbocycles. The summed E-state index contributed by atoms with van der Waals surface area (Å²) < 4.78 is 13.3. The summed E-state index contributed by atoms with van der Waals surface area (Å²) in [5.74, 6) is -0.147. The maximum atomic E-state index is 13.3. The number of aryl methyl sites for hydroxylation is 1. The van der Waals surface area contributed by atoms with E-state index in [9.17, 15) is 4.39 Å². The quantitative estimate of drug-likeness (QED) is 0.725. The number of benzene rings is 1. The zero-order chi connectivity index (χ0) is 10.4. The average Bonchev–Trinajstić information content (AvgIpc) is 2.16. The van der Waals surface area contributed by atoms with Crippen molar-refractivity contribution in [3.63, 3.8) is 0 Å². The summed E-state index contributed by atoms with van der Waals surface area (Å²) in [6.07, 6.45) is 4.76. The van der Waals surface area contributed by atoms with Gasteiger partial charge in [0, 0.05) is 5.56 Å². The molecular weight excluding hydrogens is 177 g/mol. The van der Waals surface area contributed by atoms with E-state index in [2.05, 4.69) is 5.32 Å². The summed E-state index contributed by atoms with van der Waals surface area (Å²) in [7, 11) is 1.90. The monoisotopic (exact) mass is 193 g/mol. The van der Waals surface area contributed by atoms with E-state index in [4.69, 9.17) is 0 Å². The van der Waals surface area contributed by atoms with E-state index < -0.39 is 0 Å². The first kappa shape index (κ1) is 10.9. The molecule has 0 radical (unpaired) electrons. The largest absolute Gasteiger partial charge is 0.319 e. The number of rotatable bonds is 4. The van der Waals surface area contributed by atoms with Crippen LogP contribution in [0.2, 0.25) is 0 Å². The Balaban J connectivity index is 2.70. The Bertz CT molecular complexity index is 298. The Morgan fingerprint density at radius 1 is 1.43 bits per heavy atom. The van der Waals surface area contributed by atoms with E-state index in [0.29, 0.717) is 5.56 Å². The number of hydrogen-bond donors (Lipinski definition) is 1. The van der Waals surface area contributed by atoms with Gasteiger partial charge in [0.15, 0.2) is 0 Å². The van der Waals surface area contributed by atoms with Gasteiger partial charge in [-0.15, -0.1) is 0 Å². The minimum absolute atomic E-state index is 0.147. The van der Waals surface area contributed by atoms with Crippen LogP contribution in [0.1, 0.15) is 17.5 Å². The summed E-state index contributed by atoms with van der Waals surface area (Å²) in [6, 6.07) is 5.14. The highest BCUT2D eigenvalue weighted by Crippen LogP contribution is 2.14. The van der Waals surface area contributed by atoms with E-state index >= 15 is 0 Å². The lowest BCUT2D eigenvalue weighted by Crippen LogP contribution is -2.05. The van der Waals surface area contributed by atoms with Crippen molar-refractivity contribution in [1.82, 2.24) is 5.32 Å². The van der Waals surface area contributed by atoms with Crippen molar-refractivity contribution >= 4 is 6.08 Å².